The lowest BCUT2D eigenvalue weighted by Crippen LogP contribution is -1.98. The first kappa shape index (κ1) is 12.2. The molecule has 0 aliphatic rings. The molecule has 0 N–H and O–H groups in total. The molecule has 0 rings (SSSR count). The lowest BCUT2D eigenvalue weighted by Gasteiger charge is -2.06. The highest BCUT2D eigenvalue weighted by Gasteiger charge is 1.98. The zero-order valence-corrected chi connectivity index (χ0v) is 10.0. The van der Waals surface area contributed by atoms with Gasteiger partial charge in [-0.05, 0) is 5.92 Å². The second-order valence-electron chi connectivity index (χ2n) is 3.78. The molecule has 0 amide bonds. The fourth-order valence-electron chi connectivity index (χ4n) is 1.17. The summed E-state index contributed by atoms with van der Waals surface area (Å²) >= 11 is 0. The summed E-state index contributed by atoms with van der Waals surface area (Å²) in [7, 11) is 1.23. The molecule has 0 nitrogen and oxygen atoms in total. The molecule has 0 aromatic rings. The molecule has 1 heteroatoms. The zero-order chi connectivity index (χ0) is 9.23. The van der Waals surface area contributed by atoms with E-state index in [1.807, 2.05) is 0 Å². The van der Waals surface area contributed by atoms with Crippen LogP contribution in [0.2, 0.25) is 12.1 Å². The van der Waals surface area contributed by atoms with Crippen molar-refractivity contribution in [3.63, 3.8) is 0 Å². The van der Waals surface area contributed by atoms with Gasteiger partial charge in [-0.15, -0.1) is 0 Å². The van der Waals surface area contributed by atoms with Gasteiger partial charge in [0.15, 0.2) is 0 Å². The smallest absolute Gasteiger partial charge is 0.0380 e. The second kappa shape index (κ2) is 9.31. The Balaban J connectivity index is 2.90. The summed E-state index contributed by atoms with van der Waals surface area (Å²) < 4.78 is 0. The van der Waals surface area contributed by atoms with Gasteiger partial charge in [0, 0.05) is 9.52 Å². The summed E-state index contributed by atoms with van der Waals surface area (Å²) in [6, 6.07) is 2.97. The minimum atomic E-state index is 0.967. The Bertz CT molecular complexity index is 81.1. The van der Waals surface area contributed by atoms with Crippen molar-refractivity contribution < 1.29 is 0 Å². The van der Waals surface area contributed by atoms with Gasteiger partial charge in [-0.3, -0.25) is 0 Å². The van der Waals surface area contributed by atoms with Gasteiger partial charge in [-0.25, -0.2) is 0 Å². The Morgan fingerprint density at radius 3 is 2.42 bits per heavy atom. The van der Waals surface area contributed by atoms with Crippen molar-refractivity contribution in [1.29, 1.82) is 0 Å². The largest absolute Gasteiger partial charge is 0.0654 e. The van der Waals surface area contributed by atoms with Crippen molar-refractivity contribution in [2.24, 2.45) is 5.92 Å². The Morgan fingerprint density at radius 1 is 1.08 bits per heavy atom. The van der Waals surface area contributed by atoms with Crippen molar-refractivity contribution >= 4 is 9.52 Å². The first-order chi connectivity index (χ1) is 5.81. The molecule has 0 heterocycles. The molecule has 0 aromatic heterocycles. The van der Waals surface area contributed by atoms with Crippen LogP contribution < -0.4 is 0 Å². The molecule has 12 heavy (non-hydrogen) atoms. The SMILES string of the molecule is CCCCCC[Si]C[C@H](C)CC. The average molecular weight is 184 g/mol. The molecular formula is C11H24Si. The maximum Gasteiger partial charge on any atom is 0.0380 e. The van der Waals surface area contributed by atoms with E-state index < -0.39 is 0 Å². The standard InChI is InChI=1S/C11H24Si/c1-4-6-7-8-9-12-10-11(3)5-2/h11H,4-10H2,1-3H3/t11-/m1/s1. The molecule has 0 aliphatic heterocycles. The molecule has 0 aliphatic carbocycles. The van der Waals surface area contributed by atoms with E-state index in [0.29, 0.717) is 0 Å². The summed E-state index contributed by atoms with van der Waals surface area (Å²) in [6.07, 6.45) is 7.11. The fraction of sp³-hybridized carbons (Fsp3) is 1.00. The van der Waals surface area contributed by atoms with Gasteiger partial charge in [0.05, 0.1) is 0 Å². The monoisotopic (exact) mass is 184 g/mol. The van der Waals surface area contributed by atoms with Crippen LogP contribution in [-0.4, -0.2) is 9.52 Å². The van der Waals surface area contributed by atoms with Crippen LogP contribution in [0.25, 0.3) is 0 Å². The molecular weight excluding hydrogens is 160 g/mol. The number of unbranched alkanes of at least 4 members (excludes halogenated alkanes) is 3. The van der Waals surface area contributed by atoms with Gasteiger partial charge in [0.2, 0.25) is 0 Å². The Kier molecular flexibility index (Phi) is 9.47. The normalized spacial score (nSPS) is 13.2. The van der Waals surface area contributed by atoms with E-state index in [1.165, 1.54) is 53.7 Å². The van der Waals surface area contributed by atoms with Crippen molar-refractivity contribution in [2.45, 2.75) is 65.0 Å². The van der Waals surface area contributed by atoms with Crippen LogP contribution in [0.4, 0.5) is 0 Å². The zero-order valence-electron chi connectivity index (χ0n) is 9.03. The minimum absolute atomic E-state index is 0.967. The van der Waals surface area contributed by atoms with Crippen LogP contribution in [0.3, 0.4) is 0 Å². The van der Waals surface area contributed by atoms with E-state index in [0.717, 1.165) is 5.92 Å². The first-order valence-corrected chi connectivity index (χ1v) is 6.93. The van der Waals surface area contributed by atoms with Crippen LogP contribution in [0.15, 0.2) is 0 Å². The highest BCUT2D eigenvalue weighted by atomic mass is 28.2. The van der Waals surface area contributed by atoms with Crippen LogP contribution in [0, 0.1) is 5.92 Å². The minimum Gasteiger partial charge on any atom is -0.0654 e. The molecule has 0 bridgehead atoms. The maximum atomic E-state index is 2.37. The second-order valence-corrected chi connectivity index (χ2v) is 5.19. The van der Waals surface area contributed by atoms with Crippen molar-refractivity contribution in [2.75, 3.05) is 0 Å². The molecule has 0 spiro atoms. The Morgan fingerprint density at radius 2 is 1.83 bits per heavy atom. The summed E-state index contributed by atoms with van der Waals surface area (Å²) in [5.74, 6) is 0.967. The molecule has 0 saturated heterocycles. The first-order valence-electron chi connectivity index (χ1n) is 5.52. The topological polar surface area (TPSA) is 0 Å². The van der Waals surface area contributed by atoms with Gasteiger partial charge in [0.25, 0.3) is 0 Å². The summed E-state index contributed by atoms with van der Waals surface area (Å²) in [5, 5.41) is 0. The van der Waals surface area contributed by atoms with Gasteiger partial charge < -0.3 is 0 Å². The maximum absolute atomic E-state index is 2.37. The Labute approximate surface area is 81.0 Å². The van der Waals surface area contributed by atoms with Crippen LogP contribution in [-0.2, 0) is 0 Å². The lowest BCUT2D eigenvalue weighted by molar-refractivity contribution is 0.619. The van der Waals surface area contributed by atoms with Crippen LogP contribution >= 0.6 is 0 Å². The van der Waals surface area contributed by atoms with Crippen molar-refractivity contribution in [3.8, 4) is 0 Å². The van der Waals surface area contributed by atoms with Gasteiger partial charge in [0.1, 0.15) is 0 Å². The number of hydrogen-bond acceptors (Lipinski definition) is 0. The van der Waals surface area contributed by atoms with Crippen LogP contribution in [0.1, 0.15) is 52.9 Å². The molecule has 72 valence electrons. The third kappa shape index (κ3) is 8.31. The number of rotatable bonds is 8. The van der Waals surface area contributed by atoms with E-state index in [9.17, 15) is 0 Å². The molecule has 1 atom stereocenters. The van der Waals surface area contributed by atoms with Crippen molar-refractivity contribution in [3.05, 3.63) is 0 Å². The van der Waals surface area contributed by atoms with Gasteiger partial charge in [-0.2, -0.15) is 0 Å². The van der Waals surface area contributed by atoms with Gasteiger partial charge >= 0.3 is 0 Å². The highest BCUT2D eigenvalue weighted by molar-refractivity contribution is 6.35. The third-order valence-corrected chi connectivity index (χ3v) is 4.09. The van der Waals surface area contributed by atoms with E-state index in [4.69, 9.17) is 0 Å². The van der Waals surface area contributed by atoms with Crippen LogP contribution in [0.5, 0.6) is 0 Å². The van der Waals surface area contributed by atoms with E-state index in [1.54, 1.807) is 0 Å². The van der Waals surface area contributed by atoms with E-state index in [2.05, 4.69) is 20.8 Å². The fourth-order valence-corrected chi connectivity index (χ4v) is 2.66. The summed E-state index contributed by atoms with van der Waals surface area (Å²) in [4.78, 5) is 0. The number of hydrogen-bond donors (Lipinski definition) is 0. The lowest BCUT2D eigenvalue weighted by atomic mass is 10.2. The van der Waals surface area contributed by atoms with Crippen molar-refractivity contribution in [1.82, 2.24) is 0 Å². The molecule has 0 saturated carbocycles. The predicted molar refractivity (Wildman–Crippen MR) is 59.0 cm³/mol. The summed E-state index contributed by atoms with van der Waals surface area (Å²) in [6.45, 7) is 6.95. The average Bonchev–Trinajstić information content (AvgIpc) is 2.10. The van der Waals surface area contributed by atoms with E-state index in [-0.39, 0.29) is 0 Å². The molecule has 0 fully saturated rings. The van der Waals surface area contributed by atoms with Gasteiger partial charge in [-0.1, -0.05) is 65.0 Å². The Hall–Kier alpha value is 0.217. The van der Waals surface area contributed by atoms with E-state index >= 15 is 0 Å². The summed E-state index contributed by atoms with van der Waals surface area (Å²) in [5.41, 5.74) is 0. The highest BCUT2D eigenvalue weighted by Crippen LogP contribution is 2.09. The molecule has 0 unspecified atom stereocenters. The molecule has 0 aromatic carbocycles. The third-order valence-electron chi connectivity index (χ3n) is 2.40. The molecule has 2 radical (unpaired) electrons. The predicted octanol–water partition coefficient (Wildman–Crippen LogP) is 4.15. The quantitative estimate of drug-likeness (QED) is 0.392.